The van der Waals surface area contributed by atoms with Crippen LogP contribution in [-0.2, 0) is 19.1 Å². The van der Waals surface area contributed by atoms with Crippen molar-refractivity contribution in [2.24, 2.45) is 29.1 Å². The highest BCUT2D eigenvalue weighted by atomic mass is 16.5. The van der Waals surface area contributed by atoms with E-state index in [0.29, 0.717) is 11.5 Å². The molecule has 5 nitrogen and oxygen atoms in total. The van der Waals surface area contributed by atoms with Gasteiger partial charge < -0.3 is 14.6 Å². The van der Waals surface area contributed by atoms with Gasteiger partial charge in [-0.15, -0.1) is 0 Å². The highest BCUT2D eigenvalue weighted by Gasteiger charge is 2.44. The van der Waals surface area contributed by atoms with Crippen molar-refractivity contribution < 1.29 is 24.2 Å². The maximum Gasteiger partial charge on any atom is 0.335 e. The van der Waals surface area contributed by atoms with Crippen molar-refractivity contribution in [2.75, 3.05) is 19.8 Å². The van der Waals surface area contributed by atoms with E-state index in [1.165, 1.54) is 77.0 Å². The Kier molecular flexibility index (Phi) is 15.5. The molecule has 0 aliphatic heterocycles. The second kappa shape index (κ2) is 17.9. The Bertz CT molecular complexity index is 758. The van der Waals surface area contributed by atoms with Crippen molar-refractivity contribution in [1.29, 1.82) is 0 Å². The number of unbranched alkanes of at least 4 members (excludes halogenated alkanes) is 5. The highest BCUT2D eigenvalue weighted by molar-refractivity contribution is 5.88. The number of aliphatic hydroxyl groups is 1. The van der Waals surface area contributed by atoms with Crippen LogP contribution in [-0.4, -0.2) is 36.9 Å². The van der Waals surface area contributed by atoms with Gasteiger partial charge in [0.05, 0.1) is 12.2 Å². The SMILES string of the molecule is C=C(C)C(=O)OCC(CCCC)(COC(=O)C(=C)CO)C1CCC(C2CCC(CCCCCCC)CC2)CC1. The summed E-state index contributed by atoms with van der Waals surface area (Å²) in [7, 11) is 0. The summed E-state index contributed by atoms with van der Waals surface area (Å²) in [6.07, 6.45) is 21.3. The summed E-state index contributed by atoms with van der Waals surface area (Å²) in [5.41, 5.74) is 0.0105. The molecule has 2 aliphatic rings. The van der Waals surface area contributed by atoms with Crippen molar-refractivity contribution in [3.63, 3.8) is 0 Å². The van der Waals surface area contributed by atoms with Crippen LogP contribution in [0.3, 0.4) is 0 Å². The monoisotopic (exact) mass is 546 g/mol. The fraction of sp³-hybridized carbons (Fsp3) is 0.824. The summed E-state index contributed by atoms with van der Waals surface area (Å²) in [6, 6.07) is 0. The van der Waals surface area contributed by atoms with E-state index in [9.17, 15) is 14.7 Å². The van der Waals surface area contributed by atoms with Crippen LogP contribution < -0.4 is 0 Å². The summed E-state index contributed by atoms with van der Waals surface area (Å²) in [6.45, 7) is 13.5. The number of carbonyl (C=O) groups is 2. The van der Waals surface area contributed by atoms with Crippen molar-refractivity contribution >= 4 is 11.9 Å². The second-order valence-corrected chi connectivity index (χ2v) is 12.8. The Balaban J connectivity index is 1.98. The number of rotatable bonds is 18. The zero-order chi connectivity index (χ0) is 28.7. The topological polar surface area (TPSA) is 72.8 Å². The Hall–Kier alpha value is -1.62. The Morgan fingerprint density at radius 2 is 1.31 bits per heavy atom. The van der Waals surface area contributed by atoms with Gasteiger partial charge in [-0.25, -0.2) is 9.59 Å². The molecule has 1 N–H and O–H groups in total. The van der Waals surface area contributed by atoms with Crippen molar-refractivity contribution in [2.45, 2.75) is 130 Å². The van der Waals surface area contributed by atoms with Gasteiger partial charge in [0.1, 0.15) is 13.2 Å². The molecule has 0 spiro atoms. The maximum absolute atomic E-state index is 12.4. The quantitative estimate of drug-likeness (QED) is 0.106. The third kappa shape index (κ3) is 11.1. The summed E-state index contributed by atoms with van der Waals surface area (Å²) < 4.78 is 11.4. The van der Waals surface area contributed by atoms with Crippen molar-refractivity contribution in [3.05, 3.63) is 24.3 Å². The normalized spacial score (nSPS) is 24.9. The molecule has 0 aromatic rings. The zero-order valence-electron chi connectivity index (χ0n) is 25.4. The van der Waals surface area contributed by atoms with Crippen LogP contribution in [0.4, 0.5) is 0 Å². The molecule has 2 rings (SSSR count). The first kappa shape index (κ1) is 33.6. The highest BCUT2D eigenvalue weighted by Crippen LogP contribution is 2.48. The van der Waals surface area contributed by atoms with E-state index in [1.54, 1.807) is 6.92 Å². The Labute approximate surface area is 239 Å². The lowest BCUT2D eigenvalue weighted by atomic mass is 9.62. The van der Waals surface area contributed by atoms with E-state index in [0.717, 1.165) is 49.9 Å². The largest absolute Gasteiger partial charge is 0.462 e. The predicted molar refractivity (Wildman–Crippen MR) is 159 cm³/mol. The van der Waals surface area contributed by atoms with Crippen LogP contribution in [0.15, 0.2) is 24.3 Å². The molecular formula is C34H58O5. The molecule has 0 saturated heterocycles. The summed E-state index contributed by atoms with van der Waals surface area (Å²) >= 11 is 0. The van der Waals surface area contributed by atoms with Gasteiger partial charge in [0, 0.05) is 11.0 Å². The van der Waals surface area contributed by atoms with Crippen LogP contribution in [0.2, 0.25) is 0 Å². The van der Waals surface area contributed by atoms with E-state index in [2.05, 4.69) is 27.0 Å². The molecule has 2 aliphatic carbocycles. The minimum Gasteiger partial charge on any atom is -0.462 e. The van der Waals surface area contributed by atoms with Gasteiger partial charge in [0.25, 0.3) is 0 Å². The fourth-order valence-electron chi connectivity index (χ4n) is 7.05. The van der Waals surface area contributed by atoms with Gasteiger partial charge in [-0.1, -0.05) is 91.2 Å². The standard InChI is InChI=1S/C34H58O5/c1-6-8-10-11-12-13-28-14-16-29(17-15-28)30-18-20-31(21-19-30)34(22-9-7-2,24-38-32(36)26(3)4)25-39-33(37)27(5)23-35/h28-31,35H,3,5-25H2,1-2,4H3. The minimum atomic E-state index is -0.569. The molecule has 2 saturated carbocycles. The summed E-state index contributed by atoms with van der Waals surface area (Å²) in [5, 5.41) is 9.33. The van der Waals surface area contributed by atoms with E-state index >= 15 is 0 Å². The summed E-state index contributed by atoms with van der Waals surface area (Å²) in [4.78, 5) is 24.8. The molecule has 0 radical (unpaired) electrons. The number of carbonyl (C=O) groups excluding carboxylic acids is 2. The van der Waals surface area contributed by atoms with E-state index < -0.39 is 24.0 Å². The second-order valence-electron chi connectivity index (χ2n) is 12.8. The summed E-state index contributed by atoms with van der Waals surface area (Å²) in [5.74, 6) is 1.93. The first-order chi connectivity index (χ1) is 18.8. The molecule has 0 heterocycles. The van der Waals surface area contributed by atoms with Crippen LogP contribution in [0, 0.1) is 29.1 Å². The van der Waals surface area contributed by atoms with E-state index in [4.69, 9.17) is 9.47 Å². The molecule has 0 amide bonds. The molecule has 1 atom stereocenters. The molecule has 5 heteroatoms. The van der Waals surface area contributed by atoms with Crippen molar-refractivity contribution in [3.8, 4) is 0 Å². The third-order valence-electron chi connectivity index (χ3n) is 9.75. The van der Waals surface area contributed by atoms with Crippen LogP contribution >= 0.6 is 0 Å². The van der Waals surface area contributed by atoms with Gasteiger partial charge in [0.2, 0.25) is 0 Å². The lowest BCUT2D eigenvalue weighted by molar-refractivity contribution is -0.155. The number of ether oxygens (including phenoxy) is 2. The third-order valence-corrected chi connectivity index (χ3v) is 9.75. The average molecular weight is 547 g/mol. The maximum atomic E-state index is 12.4. The van der Waals surface area contributed by atoms with Gasteiger partial charge in [0.15, 0.2) is 0 Å². The zero-order valence-corrected chi connectivity index (χ0v) is 25.4. The number of aliphatic hydroxyl groups excluding tert-OH is 1. The van der Waals surface area contributed by atoms with Crippen LogP contribution in [0.25, 0.3) is 0 Å². The van der Waals surface area contributed by atoms with Crippen molar-refractivity contribution in [1.82, 2.24) is 0 Å². The molecule has 0 aromatic heterocycles. The van der Waals surface area contributed by atoms with E-state index in [-0.39, 0.29) is 18.8 Å². The van der Waals surface area contributed by atoms with Gasteiger partial charge in [-0.3, -0.25) is 0 Å². The number of esters is 2. The average Bonchev–Trinajstić information content (AvgIpc) is 2.96. The first-order valence-electron chi connectivity index (χ1n) is 16.0. The lowest BCUT2D eigenvalue weighted by Gasteiger charge is -2.45. The smallest absolute Gasteiger partial charge is 0.335 e. The first-order valence-corrected chi connectivity index (χ1v) is 16.0. The molecule has 0 aromatic carbocycles. The Morgan fingerprint density at radius 1 is 0.769 bits per heavy atom. The minimum absolute atomic E-state index is 0.0543. The molecule has 2 fully saturated rings. The van der Waals surface area contributed by atoms with Crippen LogP contribution in [0.1, 0.15) is 130 Å². The fourth-order valence-corrected chi connectivity index (χ4v) is 7.05. The molecular weight excluding hydrogens is 488 g/mol. The van der Waals surface area contributed by atoms with Gasteiger partial charge in [-0.2, -0.15) is 0 Å². The predicted octanol–water partition coefficient (Wildman–Crippen LogP) is 8.35. The molecule has 0 bridgehead atoms. The Morgan fingerprint density at radius 3 is 1.85 bits per heavy atom. The molecule has 1 unspecified atom stereocenters. The molecule has 39 heavy (non-hydrogen) atoms. The lowest BCUT2D eigenvalue weighted by Crippen LogP contribution is -2.43. The van der Waals surface area contributed by atoms with Gasteiger partial charge >= 0.3 is 11.9 Å². The number of hydrogen-bond acceptors (Lipinski definition) is 5. The molecule has 224 valence electrons. The van der Waals surface area contributed by atoms with E-state index in [1.807, 2.05) is 0 Å². The van der Waals surface area contributed by atoms with Gasteiger partial charge in [-0.05, 0) is 75.5 Å². The van der Waals surface area contributed by atoms with Crippen LogP contribution in [0.5, 0.6) is 0 Å². The number of hydrogen-bond donors (Lipinski definition) is 1.